The minimum Gasteiger partial charge on any atom is -0.497 e. The second-order valence-electron chi connectivity index (χ2n) is 6.80. The average Bonchev–Trinajstić information content (AvgIpc) is 2.77. The van der Waals surface area contributed by atoms with E-state index in [1.165, 1.54) is 7.11 Å². The number of rotatable bonds is 4. The zero-order chi connectivity index (χ0) is 20.5. The van der Waals surface area contributed by atoms with E-state index >= 15 is 0 Å². The summed E-state index contributed by atoms with van der Waals surface area (Å²) in [6.45, 7) is 2.06. The molecule has 0 unspecified atom stereocenters. The van der Waals surface area contributed by atoms with Crippen molar-refractivity contribution in [2.45, 2.75) is 6.92 Å². The largest absolute Gasteiger partial charge is 0.497 e. The first-order chi connectivity index (χ1) is 14.0. The molecule has 1 aromatic heterocycles. The Labute approximate surface area is 168 Å². The van der Waals surface area contributed by atoms with Crippen molar-refractivity contribution in [3.63, 3.8) is 0 Å². The van der Waals surface area contributed by atoms with Gasteiger partial charge in [0.2, 0.25) is 0 Å². The number of fused-ring (bicyclic) bond motifs is 3. The van der Waals surface area contributed by atoms with E-state index in [2.05, 4.69) is 13.0 Å². The maximum absolute atomic E-state index is 11.8. The van der Waals surface area contributed by atoms with Gasteiger partial charge in [-0.3, -0.25) is 0 Å². The van der Waals surface area contributed by atoms with E-state index in [9.17, 15) is 4.79 Å². The second-order valence-corrected chi connectivity index (χ2v) is 6.80. The summed E-state index contributed by atoms with van der Waals surface area (Å²) in [5.41, 5.74) is 4.19. The van der Waals surface area contributed by atoms with Crippen molar-refractivity contribution in [2.75, 3.05) is 21.3 Å². The lowest BCUT2D eigenvalue weighted by atomic mass is 9.97. The second kappa shape index (κ2) is 7.43. The fourth-order valence-electron chi connectivity index (χ4n) is 3.56. The third kappa shape index (κ3) is 3.25. The Bertz CT molecular complexity index is 1230. The van der Waals surface area contributed by atoms with Gasteiger partial charge < -0.3 is 14.2 Å². The van der Waals surface area contributed by atoms with Crippen LogP contribution in [0.2, 0.25) is 0 Å². The Morgan fingerprint density at radius 2 is 1.62 bits per heavy atom. The predicted molar refractivity (Wildman–Crippen MR) is 114 cm³/mol. The molecule has 0 amide bonds. The highest BCUT2D eigenvalue weighted by molar-refractivity contribution is 6.14. The molecule has 0 aliphatic heterocycles. The van der Waals surface area contributed by atoms with Crippen LogP contribution in [0.5, 0.6) is 11.5 Å². The molecule has 146 valence electrons. The van der Waals surface area contributed by atoms with E-state index < -0.39 is 0 Å². The molecular formula is C24H21NO4. The van der Waals surface area contributed by atoms with Crippen LogP contribution in [0.15, 0.2) is 54.6 Å². The number of hydrogen-bond donors (Lipinski definition) is 0. The zero-order valence-electron chi connectivity index (χ0n) is 16.8. The van der Waals surface area contributed by atoms with Gasteiger partial charge in [-0.05, 0) is 37.3 Å². The molecule has 29 heavy (non-hydrogen) atoms. The van der Waals surface area contributed by atoms with E-state index in [4.69, 9.17) is 19.2 Å². The molecule has 4 aromatic rings. The van der Waals surface area contributed by atoms with Gasteiger partial charge in [0.05, 0.1) is 43.5 Å². The highest BCUT2D eigenvalue weighted by Gasteiger charge is 2.17. The molecule has 3 aromatic carbocycles. The van der Waals surface area contributed by atoms with Crippen LogP contribution in [0.4, 0.5) is 0 Å². The fraction of sp³-hybridized carbons (Fsp3) is 0.167. The number of methoxy groups -OCH3 is 3. The van der Waals surface area contributed by atoms with Crippen LogP contribution >= 0.6 is 0 Å². The van der Waals surface area contributed by atoms with Crippen molar-refractivity contribution in [1.82, 2.24) is 4.98 Å². The number of benzene rings is 3. The molecule has 4 rings (SSSR count). The normalized spacial score (nSPS) is 10.9. The summed E-state index contributed by atoms with van der Waals surface area (Å²) in [6.07, 6.45) is 0. The summed E-state index contributed by atoms with van der Waals surface area (Å²) in [5, 5.41) is 2.94. The first-order valence-corrected chi connectivity index (χ1v) is 9.20. The van der Waals surface area contributed by atoms with E-state index in [1.807, 2.05) is 36.4 Å². The number of aromatic nitrogens is 1. The molecule has 0 radical (unpaired) electrons. The average molecular weight is 387 g/mol. The van der Waals surface area contributed by atoms with E-state index in [-0.39, 0.29) is 5.97 Å². The Hall–Kier alpha value is -3.60. The van der Waals surface area contributed by atoms with Crippen molar-refractivity contribution in [2.24, 2.45) is 0 Å². The molecule has 0 N–H and O–H groups in total. The van der Waals surface area contributed by atoms with E-state index in [0.717, 1.165) is 44.2 Å². The van der Waals surface area contributed by atoms with Crippen molar-refractivity contribution in [3.8, 4) is 22.8 Å². The number of hydrogen-bond acceptors (Lipinski definition) is 5. The molecule has 0 aliphatic rings. The van der Waals surface area contributed by atoms with Gasteiger partial charge >= 0.3 is 5.97 Å². The third-order valence-corrected chi connectivity index (χ3v) is 5.02. The Balaban J connectivity index is 2.07. The summed E-state index contributed by atoms with van der Waals surface area (Å²) < 4.78 is 16.0. The van der Waals surface area contributed by atoms with Crippen LogP contribution in [0, 0.1) is 6.92 Å². The number of ether oxygens (including phenoxy) is 3. The Kier molecular flexibility index (Phi) is 4.80. The molecule has 5 heteroatoms. The molecule has 1 heterocycles. The van der Waals surface area contributed by atoms with E-state index in [0.29, 0.717) is 11.3 Å². The van der Waals surface area contributed by atoms with Crippen LogP contribution < -0.4 is 9.47 Å². The predicted octanol–water partition coefficient (Wildman–Crippen LogP) is 5.17. The van der Waals surface area contributed by atoms with Gasteiger partial charge in [0.25, 0.3) is 0 Å². The molecule has 0 atom stereocenters. The minimum absolute atomic E-state index is 0.370. The summed E-state index contributed by atoms with van der Waals surface area (Å²) >= 11 is 0. The van der Waals surface area contributed by atoms with Crippen molar-refractivity contribution in [3.05, 3.63) is 65.7 Å². The van der Waals surface area contributed by atoms with Crippen LogP contribution in [0.3, 0.4) is 0 Å². The number of nitrogens with zero attached hydrogens (tertiary/aromatic N) is 1. The van der Waals surface area contributed by atoms with Crippen molar-refractivity contribution in [1.29, 1.82) is 0 Å². The highest BCUT2D eigenvalue weighted by Crippen LogP contribution is 2.40. The molecule has 0 bridgehead atoms. The third-order valence-electron chi connectivity index (χ3n) is 5.02. The van der Waals surface area contributed by atoms with Crippen molar-refractivity contribution >= 4 is 27.6 Å². The van der Waals surface area contributed by atoms with Crippen LogP contribution in [0.1, 0.15) is 15.9 Å². The summed E-state index contributed by atoms with van der Waals surface area (Å²) in [5.74, 6) is 1.03. The Morgan fingerprint density at radius 1 is 0.862 bits per heavy atom. The zero-order valence-corrected chi connectivity index (χ0v) is 16.8. The van der Waals surface area contributed by atoms with Gasteiger partial charge in [0.1, 0.15) is 11.5 Å². The van der Waals surface area contributed by atoms with Crippen LogP contribution in [-0.2, 0) is 4.74 Å². The van der Waals surface area contributed by atoms with Crippen LogP contribution in [0.25, 0.3) is 32.9 Å². The molecule has 0 aliphatic carbocycles. The van der Waals surface area contributed by atoms with Gasteiger partial charge in [-0.25, -0.2) is 9.78 Å². The molecule has 0 spiro atoms. The summed E-state index contributed by atoms with van der Waals surface area (Å²) in [7, 11) is 4.65. The lowest BCUT2D eigenvalue weighted by molar-refractivity contribution is 0.0601. The molecular weight excluding hydrogens is 366 g/mol. The van der Waals surface area contributed by atoms with Gasteiger partial charge in [0, 0.05) is 22.4 Å². The maximum atomic E-state index is 11.8. The molecule has 5 nitrogen and oxygen atoms in total. The SMILES string of the molecule is COC(=O)c1ccc(-c2nc3ccc(C)cc3c3cc(OC)cc(OC)c23)cc1. The lowest BCUT2D eigenvalue weighted by Gasteiger charge is -2.15. The van der Waals surface area contributed by atoms with Crippen molar-refractivity contribution < 1.29 is 19.0 Å². The van der Waals surface area contributed by atoms with Gasteiger partial charge in [-0.15, -0.1) is 0 Å². The number of esters is 1. The topological polar surface area (TPSA) is 57.7 Å². The number of pyridine rings is 1. The smallest absolute Gasteiger partial charge is 0.337 e. The number of carbonyl (C=O) groups excluding carboxylic acids is 1. The first kappa shape index (κ1) is 18.7. The van der Waals surface area contributed by atoms with Gasteiger partial charge in [-0.1, -0.05) is 23.8 Å². The van der Waals surface area contributed by atoms with Gasteiger partial charge in [0.15, 0.2) is 0 Å². The number of carbonyl (C=O) groups is 1. The first-order valence-electron chi connectivity index (χ1n) is 9.20. The summed E-state index contributed by atoms with van der Waals surface area (Å²) in [4.78, 5) is 16.7. The van der Waals surface area contributed by atoms with E-state index in [1.54, 1.807) is 26.4 Å². The number of aryl methyl sites for hydroxylation is 1. The minimum atomic E-state index is -0.370. The quantitative estimate of drug-likeness (QED) is 0.357. The van der Waals surface area contributed by atoms with Crippen LogP contribution in [-0.4, -0.2) is 32.3 Å². The summed E-state index contributed by atoms with van der Waals surface area (Å²) in [6, 6.07) is 17.3. The lowest BCUT2D eigenvalue weighted by Crippen LogP contribution is -2.00. The molecule has 0 fully saturated rings. The standard InChI is InChI=1S/C24H21NO4/c1-14-5-10-20-18(11-14)19-12-17(27-2)13-21(28-3)22(19)23(25-20)15-6-8-16(9-7-15)24(26)29-4/h5-13H,1-4H3. The molecule has 0 saturated heterocycles. The molecule has 0 saturated carbocycles. The fourth-order valence-corrected chi connectivity index (χ4v) is 3.56. The monoisotopic (exact) mass is 387 g/mol. The maximum Gasteiger partial charge on any atom is 0.337 e. The highest BCUT2D eigenvalue weighted by atomic mass is 16.5. The Morgan fingerprint density at radius 3 is 2.28 bits per heavy atom. The van der Waals surface area contributed by atoms with Gasteiger partial charge in [-0.2, -0.15) is 0 Å².